The molecule has 0 aliphatic rings. The van der Waals surface area contributed by atoms with Gasteiger partial charge >= 0.3 is 17.9 Å². The molecule has 0 atom stereocenters. The number of carboxylic acids is 2. The molecule has 0 bridgehead atoms. The summed E-state index contributed by atoms with van der Waals surface area (Å²) < 4.78 is 0. The number of hydrogen-bond donors (Lipinski definition) is 5. The summed E-state index contributed by atoms with van der Waals surface area (Å²) >= 11 is 0. The van der Waals surface area contributed by atoms with Gasteiger partial charge in [-0.3, -0.25) is 14.4 Å². The van der Waals surface area contributed by atoms with E-state index in [1.807, 2.05) is 0 Å². The van der Waals surface area contributed by atoms with Crippen LogP contribution in [0.1, 0.15) is 48.4 Å². The lowest BCUT2D eigenvalue weighted by molar-refractivity contribution is -0.146. The number of aliphatic hydroxyl groups excluding tert-OH is 1. The molecule has 0 saturated heterocycles. The maximum atomic E-state index is 12.0. The second-order valence-corrected chi connectivity index (χ2v) is 4.56. The SMILES string of the molecule is CC(=O)ONC(=O)c1cc(C(=O)NCCO)c(C(=O)O)cc1C(=O)O. The molecule has 0 unspecified atom stereocenters. The van der Waals surface area contributed by atoms with E-state index < -0.39 is 58.6 Å². The number of aliphatic hydroxyl groups is 1. The summed E-state index contributed by atoms with van der Waals surface area (Å²) in [6, 6.07) is 1.39. The van der Waals surface area contributed by atoms with Gasteiger partial charge in [0.2, 0.25) is 0 Å². The Balaban J connectivity index is 3.45. The lowest BCUT2D eigenvalue weighted by Gasteiger charge is -2.12. The normalized spacial score (nSPS) is 9.84. The standard InChI is InChI=1S/C14H14N2O9/c1-6(18)25-16-12(20)8-4-7(11(19)15-2-3-17)9(13(21)22)5-10(8)14(23)24/h4-5,17H,2-3H2,1H3,(H,15,19)(H,16,20)(H,21,22)(H,23,24). The lowest BCUT2D eigenvalue weighted by Crippen LogP contribution is -2.31. The highest BCUT2D eigenvalue weighted by Crippen LogP contribution is 2.18. The third-order valence-electron chi connectivity index (χ3n) is 2.79. The van der Waals surface area contributed by atoms with Crippen molar-refractivity contribution in [3.05, 3.63) is 34.4 Å². The average molecular weight is 354 g/mol. The third kappa shape index (κ3) is 5.00. The van der Waals surface area contributed by atoms with Crippen molar-refractivity contribution in [3.63, 3.8) is 0 Å². The molecule has 11 nitrogen and oxygen atoms in total. The fraction of sp³-hybridized carbons (Fsp3) is 0.214. The van der Waals surface area contributed by atoms with Crippen LogP contribution in [-0.2, 0) is 9.63 Å². The lowest BCUT2D eigenvalue weighted by atomic mass is 9.97. The largest absolute Gasteiger partial charge is 0.478 e. The number of rotatable bonds is 6. The summed E-state index contributed by atoms with van der Waals surface area (Å²) in [4.78, 5) is 61.5. The van der Waals surface area contributed by atoms with Crippen LogP contribution in [0.3, 0.4) is 0 Å². The van der Waals surface area contributed by atoms with Crippen molar-refractivity contribution >= 4 is 29.7 Å². The van der Waals surface area contributed by atoms with Gasteiger partial charge in [-0.25, -0.2) is 9.59 Å². The van der Waals surface area contributed by atoms with Gasteiger partial charge in [0.25, 0.3) is 11.8 Å². The zero-order valence-electron chi connectivity index (χ0n) is 12.9. The molecule has 0 aliphatic heterocycles. The van der Waals surface area contributed by atoms with Crippen LogP contribution in [-0.4, -0.2) is 58.2 Å². The van der Waals surface area contributed by atoms with Gasteiger partial charge in [-0.2, -0.15) is 5.48 Å². The Morgan fingerprint density at radius 3 is 1.84 bits per heavy atom. The minimum Gasteiger partial charge on any atom is -0.478 e. The Morgan fingerprint density at radius 1 is 0.920 bits per heavy atom. The van der Waals surface area contributed by atoms with Crippen LogP contribution >= 0.6 is 0 Å². The van der Waals surface area contributed by atoms with Gasteiger partial charge in [-0.15, -0.1) is 0 Å². The van der Waals surface area contributed by atoms with Crippen molar-refractivity contribution in [3.8, 4) is 0 Å². The molecule has 0 aromatic heterocycles. The Morgan fingerprint density at radius 2 is 1.40 bits per heavy atom. The van der Waals surface area contributed by atoms with E-state index in [9.17, 15) is 24.0 Å². The van der Waals surface area contributed by atoms with Crippen molar-refractivity contribution in [1.29, 1.82) is 0 Å². The van der Waals surface area contributed by atoms with Crippen molar-refractivity contribution < 1.29 is 44.1 Å². The highest BCUT2D eigenvalue weighted by atomic mass is 16.7. The summed E-state index contributed by atoms with van der Waals surface area (Å²) in [5, 5.41) is 29.2. The van der Waals surface area contributed by atoms with E-state index in [1.165, 1.54) is 0 Å². The Kier molecular flexibility index (Phi) is 6.58. The summed E-state index contributed by atoms with van der Waals surface area (Å²) in [5.74, 6) is -6.21. The minimum absolute atomic E-state index is 0.187. The third-order valence-corrected chi connectivity index (χ3v) is 2.79. The zero-order chi connectivity index (χ0) is 19.1. The van der Waals surface area contributed by atoms with Gasteiger partial charge in [0.1, 0.15) is 0 Å². The number of amides is 2. The number of carbonyl (C=O) groups excluding carboxylic acids is 3. The van der Waals surface area contributed by atoms with Crippen LogP contribution < -0.4 is 10.8 Å². The molecule has 1 rings (SSSR count). The first-order valence-corrected chi connectivity index (χ1v) is 6.70. The van der Waals surface area contributed by atoms with Crippen molar-refractivity contribution in [1.82, 2.24) is 10.8 Å². The van der Waals surface area contributed by atoms with Gasteiger partial charge < -0.3 is 25.5 Å². The fourth-order valence-electron chi connectivity index (χ4n) is 1.77. The molecule has 134 valence electrons. The zero-order valence-corrected chi connectivity index (χ0v) is 12.9. The Bertz CT molecular complexity index is 742. The van der Waals surface area contributed by atoms with Gasteiger partial charge in [0.15, 0.2) is 0 Å². The van der Waals surface area contributed by atoms with Crippen molar-refractivity contribution in [2.24, 2.45) is 0 Å². The second-order valence-electron chi connectivity index (χ2n) is 4.56. The number of carboxylic acid groups (broad SMARTS) is 2. The Labute approximate surface area is 140 Å². The number of hydroxylamine groups is 1. The first-order valence-electron chi connectivity index (χ1n) is 6.70. The molecule has 0 saturated carbocycles. The van der Waals surface area contributed by atoms with E-state index in [-0.39, 0.29) is 6.54 Å². The molecule has 25 heavy (non-hydrogen) atoms. The van der Waals surface area contributed by atoms with Crippen molar-refractivity contribution in [2.45, 2.75) is 6.92 Å². The molecule has 0 fully saturated rings. The fourth-order valence-corrected chi connectivity index (χ4v) is 1.77. The van der Waals surface area contributed by atoms with E-state index in [2.05, 4.69) is 10.2 Å². The monoisotopic (exact) mass is 354 g/mol. The molecule has 5 N–H and O–H groups in total. The smallest absolute Gasteiger partial charge is 0.336 e. The minimum atomic E-state index is -1.63. The molecule has 11 heteroatoms. The van der Waals surface area contributed by atoms with Gasteiger partial charge in [0.05, 0.1) is 28.9 Å². The summed E-state index contributed by atoms with van der Waals surface area (Å²) in [7, 11) is 0. The van der Waals surface area contributed by atoms with Crippen LogP contribution in [0.5, 0.6) is 0 Å². The van der Waals surface area contributed by atoms with E-state index >= 15 is 0 Å². The molecule has 0 spiro atoms. The molecule has 0 aliphatic carbocycles. The number of nitrogens with one attached hydrogen (secondary N) is 2. The highest BCUT2D eigenvalue weighted by Gasteiger charge is 2.25. The predicted molar refractivity (Wildman–Crippen MR) is 79.0 cm³/mol. The molecule has 1 aromatic rings. The van der Waals surface area contributed by atoms with E-state index in [4.69, 9.17) is 15.3 Å². The van der Waals surface area contributed by atoms with Gasteiger partial charge in [0, 0.05) is 13.5 Å². The first-order chi connectivity index (χ1) is 11.7. The summed E-state index contributed by atoms with van der Waals surface area (Å²) in [5.41, 5.74) is -0.773. The van der Waals surface area contributed by atoms with E-state index in [0.717, 1.165) is 13.0 Å². The number of aromatic carboxylic acids is 2. The first kappa shape index (κ1) is 19.6. The van der Waals surface area contributed by atoms with Crippen LogP contribution in [0, 0.1) is 0 Å². The molecular weight excluding hydrogens is 340 g/mol. The number of benzene rings is 1. The Hall–Kier alpha value is -3.47. The predicted octanol–water partition coefficient (Wildman–Crippen LogP) is -0.987. The van der Waals surface area contributed by atoms with E-state index in [1.54, 1.807) is 5.48 Å². The van der Waals surface area contributed by atoms with Crippen LogP contribution in [0.25, 0.3) is 0 Å². The highest BCUT2D eigenvalue weighted by molar-refractivity contribution is 6.11. The number of hydrogen-bond acceptors (Lipinski definition) is 7. The van der Waals surface area contributed by atoms with Gasteiger partial charge in [-0.1, -0.05) is 0 Å². The average Bonchev–Trinajstić information content (AvgIpc) is 2.55. The van der Waals surface area contributed by atoms with Crippen LogP contribution in [0.2, 0.25) is 0 Å². The summed E-state index contributed by atoms with van der Waals surface area (Å²) in [6.45, 7) is 0.383. The molecule has 0 radical (unpaired) electrons. The quantitative estimate of drug-likeness (QED) is 0.401. The van der Waals surface area contributed by atoms with Crippen LogP contribution in [0.4, 0.5) is 0 Å². The van der Waals surface area contributed by atoms with Crippen molar-refractivity contribution in [2.75, 3.05) is 13.2 Å². The van der Waals surface area contributed by atoms with Gasteiger partial charge in [-0.05, 0) is 12.1 Å². The molecule has 1 aromatic carbocycles. The van der Waals surface area contributed by atoms with E-state index in [0.29, 0.717) is 6.07 Å². The van der Waals surface area contributed by atoms with Crippen LogP contribution in [0.15, 0.2) is 12.1 Å². The molecular formula is C14H14N2O9. The topological polar surface area (TPSA) is 179 Å². The number of carbonyl (C=O) groups is 5. The molecule has 0 heterocycles. The summed E-state index contributed by atoms with van der Waals surface area (Å²) in [6.07, 6.45) is 0. The molecule has 2 amide bonds. The maximum absolute atomic E-state index is 12.0. The maximum Gasteiger partial charge on any atom is 0.336 e. The second kappa shape index (κ2) is 8.40.